The molecule has 15 heavy (non-hydrogen) atoms. The Labute approximate surface area is 94.5 Å². The van der Waals surface area contributed by atoms with Crippen molar-refractivity contribution in [3.05, 3.63) is 60.0 Å². The maximum Gasteiger partial charge on any atom is 0.0945 e. The van der Waals surface area contributed by atoms with Crippen molar-refractivity contribution >= 4 is 11.6 Å². The predicted octanol–water partition coefficient (Wildman–Crippen LogP) is 3.18. The van der Waals surface area contributed by atoms with Crippen molar-refractivity contribution in [2.45, 2.75) is 13.0 Å². The molecule has 0 saturated heterocycles. The largest absolute Gasteiger partial charge is 0.337 e. The molecule has 0 spiro atoms. The maximum absolute atomic E-state index is 5.80. The van der Waals surface area contributed by atoms with E-state index < -0.39 is 0 Å². The van der Waals surface area contributed by atoms with E-state index in [-0.39, 0.29) is 0 Å². The van der Waals surface area contributed by atoms with Gasteiger partial charge in [-0.3, -0.25) is 0 Å². The van der Waals surface area contributed by atoms with Crippen LogP contribution in [0.5, 0.6) is 0 Å². The third kappa shape index (κ3) is 3.10. The molecule has 0 atom stereocenters. The number of imidazole rings is 1. The van der Waals surface area contributed by atoms with Gasteiger partial charge in [0.05, 0.1) is 6.33 Å². The number of aryl methyl sites for hydroxylation is 1. The van der Waals surface area contributed by atoms with Crippen LogP contribution in [-0.4, -0.2) is 9.55 Å². The standard InChI is InChI=1S/C12H12ClN2/c13-12-5-3-11(4-6-12)2-1-8-15-9-7-14-10-15/h2-7,9-10H,1,8H2. The van der Waals surface area contributed by atoms with E-state index in [4.69, 9.17) is 11.6 Å². The van der Waals surface area contributed by atoms with Crippen molar-refractivity contribution in [2.24, 2.45) is 0 Å². The van der Waals surface area contributed by atoms with Crippen LogP contribution < -0.4 is 0 Å². The second-order valence-corrected chi connectivity index (χ2v) is 3.78. The van der Waals surface area contributed by atoms with Crippen molar-refractivity contribution in [1.82, 2.24) is 9.55 Å². The van der Waals surface area contributed by atoms with Gasteiger partial charge in [-0.2, -0.15) is 0 Å². The minimum absolute atomic E-state index is 0.779. The number of nitrogens with zero attached hydrogens (tertiary/aromatic N) is 2. The lowest BCUT2D eigenvalue weighted by Gasteiger charge is -2.02. The first-order valence-corrected chi connectivity index (χ1v) is 5.27. The molecular weight excluding hydrogens is 208 g/mol. The first-order valence-electron chi connectivity index (χ1n) is 4.89. The van der Waals surface area contributed by atoms with Gasteiger partial charge in [0.2, 0.25) is 0 Å². The van der Waals surface area contributed by atoms with Gasteiger partial charge < -0.3 is 4.57 Å². The molecule has 0 aliphatic carbocycles. The van der Waals surface area contributed by atoms with E-state index in [0.717, 1.165) is 18.0 Å². The number of rotatable bonds is 4. The Morgan fingerprint density at radius 2 is 2.07 bits per heavy atom. The molecule has 77 valence electrons. The fraction of sp³-hybridized carbons (Fsp3) is 0.167. The van der Waals surface area contributed by atoms with Crippen molar-refractivity contribution in [3.8, 4) is 0 Å². The number of benzene rings is 1. The summed E-state index contributed by atoms with van der Waals surface area (Å²) in [6.07, 6.45) is 8.78. The second kappa shape index (κ2) is 4.99. The SMILES string of the molecule is Clc1ccc([CH]CCn2ccnc2)cc1. The maximum atomic E-state index is 5.80. The van der Waals surface area contributed by atoms with Crippen molar-refractivity contribution in [1.29, 1.82) is 0 Å². The summed E-state index contributed by atoms with van der Waals surface area (Å²) in [5, 5.41) is 0.779. The van der Waals surface area contributed by atoms with Crippen LogP contribution in [0.25, 0.3) is 0 Å². The minimum Gasteiger partial charge on any atom is -0.337 e. The number of hydrogen-bond donors (Lipinski definition) is 0. The summed E-state index contributed by atoms with van der Waals surface area (Å²) < 4.78 is 2.06. The summed E-state index contributed by atoms with van der Waals surface area (Å²) >= 11 is 5.80. The molecular formula is C12H12ClN2. The monoisotopic (exact) mass is 219 g/mol. The van der Waals surface area contributed by atoms with Crippen molar-refractivity contribution in [3.63, 3.8) is 0 Å². The molecule has 3 heteroatoms. The zero-order valence-corrected chi connectivity index (χ0v) is 9.06. The Kier molecular flexibility index (Phi) is 3.41. The highest BCUT2D eigenvalue weighted by Crippen LogP contribution is 2.12. The normalized spacial score (nSPS) is 10.5. The number of hydrogen-bond acceptors (Lipinski definition) is 1. The van der Waals surface area contributed by atoms with Gasteiger partial charge in [-0.1, -0.05) is 23.7 Å². The number of halogens is 1. The molecule has 2 rings (SSSR count). The molecule has 0 aliphatic heterocycles. The summed E-state index contributed by atoms with van der Waals surface area (Å²) in [5.74, 6) is 0. The van der Waals surface area contributed by atoms with Crippen LogP contribution in [0, 0.1) is 6.42 Å². The molecule has 1 radical (unpaired) electrons. The summed E-state index contributed by atoms with van der Waals surface area (Å²) in [6, 6.07) is 7.86. The van der Waals surface area contributed by atoms with Crippen LogP contribution in [-0.2, 0) is 6.54 Å². The Hall–Kier alpha value is -1.28. The van der Waals surface area contributed by atoms with Crippen LogP contribution in [0.2, 0.25) is 5.02 Å². The molecule has 0 N–H and O–H groups in total. The summed E-state index contributed by atoms with van der Waals surface area (Å²) in [7, 11) is 0. The zero-order valence-electron chi connectivity index (χ0n) is 8.31. The summed E-state index contributed by atoms with van der Waals surface area (Å²) in [4.78, 5) is 3.99. The molecule has 0 fully saturated rings. The van der Waals surface area contributed by atoms with E-state index in [1.165, 1.54) is 5.56 Å². The van der Waals surface area contributed by atoms with Gasteiger partial charge in [0, 0.05) is 24.0 Å². The molecule has 2 nitrogen and oxygen atoms in total. The van der Waals surface area contributed by atoms with E-state index >= 15 is 0 Å². The average Bonchev–Trinajstić information content (AvgIpc) is 2.74. The lowest BCUT2D eigenvalue weighted by atomic mass is 10.1. The molecule has 0 aliphatic rings. The van der Waals surface area contributed by atoms with Crippen molar-refractivity contribution in [2.75, 3.05) is 0 Å². The lowest BCUT2D eigenvalue weighted by Crippen LogP contribution is -1.94. The van der Waals surface area contributed by atoms with Gasteiger partial charge in [-0.05, 0) is 30.5 Å². The highest BCUT2D eigenvalue weighted by atomic mass is 35.5. The van der Waals surface area contributed by atoms with Gasteiger partial charge in [0.25, 0.3) is 0 Å². The first kappa shape index (κ1) is 10.2. The lowest BCUT2D eigenvalue weighted by molar-refractivity contribution is 0.693. The number of aromatic nitrogens is 2. The topological polar surface area (TPSA) is 17.8 Å². The van der Waals surface area contributed by atoms with E-state index in [0.29, 0.717) is 0 Å². The van der Waals surface area contributed by atoms with E-state index in [1.54, 1.807) is 6.20 Å². The van der Waals surface area contributed by atoms with Crippen LogP contribution >= 0.6 is 11.6 Å². The first-order chi connectivity index (χ1) is 7.34. The quantitative estimate of drug-likeness (QED) is 0.773. The molecule has 1 aromatic carbocycles. The van der Waals surface area contributed by atoms with Gasteiger partial charge in [0.1, 0.15) is 0 Å². The Bertz CT molecular complexity index is 392. The van der Waals surface area contributed by atoms with E-state index in [9.17, 15) is 0 Å². The molecule has 2 aromatic rings. The highest BCUT2D eigenvalue weighted by molar-refractivity contribution is 6.30. The van der Waals surface area contributed by atoms with E-state index in [2.05, 4.69) is 16.0 Å². The molecule has 1 aromatic heterocycles. The van der Waals surface area contributed by atoms with Crippen LogP contribution in [0.15, 0.2) is 43.0 Å². The Morgan fingerprint density at radius 1 is 1.27 bits per heavy atom. The fourth-order valence-electron chi connectivity index (χ4n) is 1.40. The highest BCUT2D eigenvalue weighted by Gasteiger charge is 1.95. The van der Waals surface area contributed by atoms with Crippen molar-refractivity contribution < 1.29 is 0 Å². The summed E-state index contributed by atoms with van der Waals surface area (Å²) in [6.45, 7) is 0.961. The molecule has 0 bridgehead atoms. The smallest absolute Gasteiger partial charge is 0.0945 e. The second-order valence-electron chi connectivity index (χ2n) is 3.34. The predicted molar refractivity (Wildman–Crippen MR) is 61.7 cm³/mol. The third-order valence-corrected chi connectivity index (χ3v) is 2.45. The molecule has 0 saturated carbocycles. The van der Waals surface area contributed by atoms with Crippen LogP contribution in [0.4, 0.5) is 0 Å². The molecule has 1 heterocycles. The van der Waals surface area contributed by atoms with Gasteiger partial charge >= 0.3 is 0 Å². The van der Waals surface area contributed by atoms with E-state index in [1.807, 2.05) is 36.8 Å². The zero-order chi connectivity index (χ0) is 10.5. The van der Waals surface area contributed by atoms with Crippen LogP contribution in [0.3, 0.4) is 0 Å². The Balaban J connectivity index is 1.81. The van der Waals surface area contributed by atoms with Gasteiger partial charge in [-0.25, -0.2) is 4.98 Å². The third-order valence-electron chi connectivity index (χ3n) is 2.20. The Morgan fingerprint density at radius 3 is 2.73 bits per heavy atom. The molecule has 0 amide bonds. The van der Waals surface area contributed by atoms with Gasteiger partial charge in [-0.15, -0.1) is 0 Å². The minimum atomic E-state index is 0.779. The molecule has 0 unspecified atom stereocenters. The van der Waals surface area contributed by atoms with Crippen LogP contribution in [0.1, 0.15) is 12.0 Å². The van der Waals surface area contributed by atoms with Gasteiger partial charge in [0.15, 0.2) is 0 Å². The average molecular weight is 220 g/mol. The fourth-order valence-corrected chi connectivity index (χ4v) is 1.52. The summed E-state index contributed by atoms with van der Waals surface area (Å²) in [5.41, 5.74) is 1.21.